The second-order valence-corrected chi connectivity index (χ2v) is 6.97. The maximum atomic E-state index is 12.3. The molecular formula is C20H27N3O5. The minimum absolute atomic E-state index is 0.0477. The Labute approximate surface area is 164 Å². The first-order valence-electron chi connectivity index (χ1n) is 9.43. The maximum Gasteiger partial charge on any atom is 0.321 e. The Kier molecular flexibility index (Phi) is 7.54. The van der Waals surface area contributed by atoms with Crippen LogP contribution < -0.4 is 10.6 Å². The van der Waals surface area contributed by atoms with Gasteiger partial charge in [0.2, 0.25) is 5.91 Å². The lowest BCUT2D eigenvalue weighted by Gasteiger charge is -2.25. The van der Waals surface area contributed by atoms with Gasteiger partial charge in [-0.15, -0.1) is 0 Å². The molecule has 8 heteroatoms. The molecule has 152 valence electrons. The molecular weight excluding hydrogens is 362 g/mol. The number of imide groups is 1. The molecule has 0 aliphatic carbocycles. The summed E-state index contributed by atoms with van der Waals surface area (Å²) in [5.74, 6) is -2.09. The number of hydrogen-bond donors (Lipinski definition) is 2. The first-order chi connectivity index (χ1) is 13.3. The summed E-state index contributed by atoms with van der Waals surface area (Å²) in [6.07, 6.45) is 0.774. The highest BCUT2D eigenvalue weighted by atomic mass is 16.5. The number of urea groups is 1. The predicted octanol–water partition coefficient (Wildman–Crippen LogP) is 1.76. The summed E-state index contributed by atoms with van der Waals surface area (Å²) in [5.41, 5.74) is 0.983. The van der Waals surface area contributed by atoms with Gasteiger partial charge in [-0.2, -0.15) is 0 Å². The molecule has 1 aliphatic rings. The van der Waals surface area contributed by atoms with Crippen LogP contribution in [0.3, 0.4) is 0 Å². The summed E-state index contributed by atoms with van der Waals surface area (Å²) in [6.45, 7) is 5.29. The van der Waals surface area contributed by atoms with Gasteiger partial charge in [-0.25, -0.2) is 4.79 Å². The van der Waals surface area contributed by atoms with E-state index in [4.69, 9.17) is 4.74 Å². The number of hydrogen-bond acceptors (Lipinski definition) is 5. The van der Waals surface area contributed by atoms with Gasteiger partial charge >= 0.3 is 12.0 Å². The molecule has 1 heterocycles. The van der Waals surface area contributed by atoms with E-state index in [9.17, 15) is 19.2 Å². The van der Waals surface area contributed by atoms with Crippen molar-refractivity contribution < 1.29 is 23.9 Å². The van der Waals surface area contributed by atoms with Crippen LogP contribution >= 0.6 is 0 Å². The van der Waals surface area contributed by atoms with E-state index in [1.807, 2.05) is 51.1 Å². The van der Waals surface area contributed by atoms with Crippen molar-refractivity contribution in [2.24, 2.45) is 5.92 Å². The molecule has 3 atom stereocenters. The van der Waals surface area contributed by atoms with Gasteiger partial charge in [0.15, 0.2) is 6.61 Å². The van der Waals surface area contributed by atoms with Gasteiger partial charge < -0.3 is 15.0 Å². The SMILES string of the molecule is CC[C@@H](C)NC(=O)NC(=O)COC(=O)[C@@H]1CC(=O)N([C@@H](C)c2ccccc2)C1. The van der Waals surface area contributed by atoms with E-state index in [-0.39, 0.29) is 31.0 Å². The number of esters is 1. The molecule has 2 N–H and O–H groups in total. The Bertz CT molecular complexity index is 722. The van der Waals surface area contributed by atoms with Crippen LogP contribution in [0.25, 0.3) is 0 Å². The van der Waals surface area contributed by atoms with Gasteiger partial charge in [0.05, 0.1) is 12.0 Å². The molecule has 1 aliphatic heterocycles. The minimum atomic E-state index is -0.715. The second-order valence-electron chi connectivity index (χ2n) is 6.97. The highest BCUT2D eigenvalue weighted by Gasteiger charge is 2.38. The van der Waals surface area contributed by atoms with Crippen LogP contribution in [-0.4, -0.2) is 47.9 Å². The average molecular weight is 389 g/mol. The predicted molar refractivity (Wildman–Crippen MR) is 102 cm³/mol. The number of ether oxygens (including phenoxy) is 1. The van der Waals surface area contributed by atoms with Crippen LogP contribution in [0.1, 0.15) is 45.2 Å². The number of benzene rings is 1. The zero-order valence-corrected chi connectivity index (χ0v) is 16.4. The lowest BCUT2D eigenvalue weighted by atomic mass is 10.1. The van der Waals surface area contributed by atoms with E-state index in [0.29, 0.717) is 0 Å². The second kappa shape index (κ2) is 9.87. The zero-order valence-electron chi connectivity index (χ0n) is 16.4. The van der Waals surface area contributed by atoms with Crippen molar-refractivity contribution in [1.82, 2.24) is 15.5 Å². The Balaban J connectivity index is 1.81. The number of nitrogens with one attached hydrogen (secondary N) is 2. The number of carbonyl (C=O) groups excluding carboxylic acids is 4. The molecule has 0 bridgehead atoms. The third-order valence-corrected chi connectivity index (χ3v) is 4.83. The fourth-order valence-corrected chi connectivity index (χ4v) is 2.95. The van der Waals surface area contributed by atoms with Crippen molar-refractivity contribution in [3.8, 4) is 0 Å². The van der Waals surface area contributed by atoms with Gasteiger partial charge in [-0.3, -0.25) is 19.7 Å². The smallest absolute Gasteiger partial charge is 0.321 e. The standard InChI is InChI=1S/C20H27N3O5/c1-4-13(2)21-20(27)22-17(24)12-28-19(26)16-10-18(25)23(11-16)14(3)15-8-6-5-7-9-15/h5-9,13-14,16H,4,10-12H2,1-3H3,(H2,21,22,24,27)/t13-,14+,16-/m1/s1. The van der Waals surface area contributed by atoms with Gasteiger partial charge in [-0.05, 0) is 25.8 Å². The minimum Gasteiger partial charge on any atom is -0.455 e. The third-order valence-electron chi connectivity index (χ3n) is 4.83. The Morgan fingerprint density at radius 1 is 1.21 bits per heavy atom. The number of amides is 4. The van der Waals surface area contributed by atoms with E-state index < -0.39 is 30.4 Å². The zero-order chi connectivity index (χ0) is 20.7. The number of carbonyl (C=O) groups is 4. The lowest BCUT2D eigenvalue weighted by molar-refractivity contribution is -0.152. The van der Waals surface area contributed by atoms with Crippen LogP contribution in [0, 0.1) is 5.92 Å². The first kappa shape index (κ1) is 21.4. The molecule has 1 fully saturated rings. The van der Waals surface area contributed by atoms with E-state index in [0.717, 1.165) is 12.0 Å². The maximum absolute atomic E-state index is 12.3. The Morgan fingerprint density at radius 3 is 2.54 bits per heavy atom. The molecule has 0 spiro atoms. The highest BCUT2D eigenvalue weighted by Crippen LogP contribution is 2.28. The molecule has 0 radical (unpaired) electrons. The fraction of sp³-hybridized carbons (Fsp3) is 0.500. The van der Waals surface area contributed by atoms with E-state index >= 15 is 0 Å². The topological polar surface area (TPSA) is 105 Å². The van der Waals surface area contributed by atoms with Crippen LogP contribution in [0.2, 0.25) is 0 Å². The van der Waals surface area contributed by atoms with Crippen LogP contribution in [0.5, 0.6) is 0 Å². The molecule has 28 heavy (non-hydrogen) atoms. The van der Waals surface area contributed by atoms with Crippen molar-refractivity contribution in [3.05, 3.63) is 35.9 Å². The molecule has 8 nitrogen and oxygen atoms in total. The van der Waals surface area contributed by atoms with Crippen molar-refractivity contribution in [1.29, 1.82) is 0 Å². The number of rotatable bonds is 7. The highest BCUT2D eigenvalue weighted by molar-refractivity contribution is 5.96. The monoisotopic (exact) mass is 389 g/mol. The molecule has 1 aromatic rings. The quantitative estimate of drug-likeness (QED) is 0.692. The summed E-state index contributed by atoms with van der Waals surface area (Å²) < 4.78 is 4.99. The molecule has 2 rings (SSSR count). The summed E-state index contributed by atoms with van der Waals surface area (Å²) in [4.78, 5) is 49.5. The Morgan fingerprint density at radius 2 is 1.89 bits per heavy atom. The van der Waals surface area contributed by atoms with Crippen molar-refractivity contribution in [2.75, 3.05) is 13.2 Å². The van der Waals surface area contributed by atoms with Crippen molar-refractivity contribution in [3.63, 3.8) is 0 Å². The van der Waals surface area contributed by atoms with E-state index in [1.54, 1.807) is 4.90 Å². The van der Waals surface area contributed by atoms with Crippen LogP contribution in [0.15, 0.2) is 30.3 Å². The van der Waals surface area contributed by atoms with Gasteiger partial charge in [-0.1, -0.05) is 37.3 Å². The number of likely N-dealkylation sites (tertiary alicyclic amines) is 1. The largest absolute Gasteiger partial charge is 0.455 e. The van der Waals surface area contributed by atoms with Gasteiger partial charge in [0, 0.05) is 19.0 Å². The summed E-state index contributed by atoms with van der Waals surface area (Å²) in [5, 5.41) is 4.68. The molecule has 0 aromatic heterocycles. The van der Waals surface area contributed by atoms with Crippen LogP contribution in [0.4, 0.5) is 4.79 Å². The summed E-state index contributed by atoms with van der Waals surface area (Å²) >= 11 is 0. The van der Waals surface area contributed by atoms with Gasteiger partial charge in [0.25, 0.3) is 5.91 Å². The third kappa shape index (κ3) is 5.80. The summed E-state index contributed by atoms with van der Waals surface area (Å²) in [6, 6.07) is 8.70. The lowest BCUT2D eigenvalue weighted by Crippen LogP contribution is -2.44. The normalized spacial score (nSPS) is 18.3. The molecule has 0 saturated carbocycles. The Hall–Kier alpha value is -2.90. The van der Waals surface area contributed by atoms with E-state index in [1.165, 1.54) is 0 Å². The van der Waals surface area contributed by atoms with Crippen molar-refractivity contribution in [2.45, 2.75) is 45.7 Å². The van der Waals surface area contributed by atoms with Crippen molar-refractivity contribution >= 4 is 23.8 Å². The molecule has 1 saturated heterocycles. The van der Waals surface area contributed by atoms with Gasteiger partial charge in [0.1, 0.15) is 0 Å². The molecule has 4 amide bonds. The average Bonchev–Trinajstić information content (AvgIpc) is 3.07. The first-order valence-corrected chi connectivity index (χ1v) is 9.43. The molecule has 1 aromatic carbocycles. The summed E-state index contributed by atoms with van der Waals surface area (Å²) in [7, 11) is 0. The van der Waals surface area contributed by atoms with E-state index in [2.05, 4.69) is 10.6 Å². The fourth-order valence-electron chi connectivity index (χ4n) is 2.95. The van der Waals surface area contributed by atoms with Crippen LogP contribution in [-0.2, 0) is 19.1 Å². The molecule has 0 unspecified atom stereocenters. The number of nitrogens with zero attached hydrogens (tertiary/aromatic N) is 1.